The van der Waals surface area contributed by atoms with Gasteiger partial charge in [-0.1, -0.05) is 23.2 Å². The Morgan fingerprint density at radius 1 is 1.38 bits per heavy atom. The number of amides is 1. The maximum atomic E-state index is 13.8. The Morgan fingerprint density at radius 3 is 2.65 bits per heavy atom. The van der Waals surface area contributed by atoms with Crippen LogP contribution in [0, 0.1) is 5.82 Å². The number of aryl methyl sites for hydroxylation is 1. The third-order valence-electron chi connectivity index (χ3n) is 3.23. The summed E-state index contributed by atoms with van der Waals surface area (Å²) in [7, 11) is 1.48. The van der Waals surface area contributed by atoms with E-state index in [1.54, 1.807) is 0 Å². The quantitative estimate of drug-likeness (QED) is 0.411. The van der Waals surface area contributed by atoms with Crippen molar-refractivity contribution in [2.24, 2.45) is 7.05 Å². The first-order valence-corrected chi connectivity index (χ1v) is 8.54. The molecule has 0 saturated carbocycles. The number of halogens is 6. The van der Waals surface area contributed by atoms with Gasteiger partial charge in [0, 0.05) is 19.4 Å². The maximum absolute atomic E-state index is 13.8. The van der Waals surface area contributed by atoms with Crippen LogP contribution in [0.1, 0.15) is 17.4 Å². The molecule has 1 amide bonds. The van der Waals surface area contributed by atoms with Crippen LogP contribution in [0.3, 0.4) is 0 Å². The van der Waals surface area contributed by atoms with E-state index in [1.165, 1.54) is 30.1 Å². The van der Waals surface area contributed by atoms with E-state index in [4.69, 9.17) is 23.2 Å². The van der Waals surface area contributed by atoms with Crippen LogP contribution in [0.25, 0.3) is 0 Å². The lowest BCUT2D eigenvalue weighted by molar-refractivity contribution is -0.146. The summed E-state index contributed by atoms with van der Waals surface area (Å²) in [5.74, 6) is -1.67. The fraction of sp³-hybridized carbons (Fsp3) is 0.286. The minimum Gasteiger partial charge on any atom is -0.344 e. The van der Waals surface area contributed by atoms with Crippen LogP contribution in [-0.4, -0.2) is 27.7 Å². The normalized spacial score (nSPS) is 12.9. The molecule has 0 aliphatic rings. The minimum absolute atomic E-state index is 0.0528. The van der Waals surface area contributed by atoms with Crippen molar-refractivity contribution < 1.29 is 22.4 Å². The van der Waals surface area contributed by atoms with Gasteiger partial charge in [-0.05, 0) is 24.9 Å². The third kappa shape index (κ3) is 4.61. The number of carbonyl (C=O) groups is 1. The smallest absolute Gasteiger partial charge is 0.344 e. The summed E-state index contributed by atoms with van der Waals surface area (Å²) in [5.41, 5.74) is -0.256. The Morgan fingerprint density at radius 2 is 2.04 bits per heavy atom. The van der Waals surface area contributed by atoms with Gasteiger partial charge >= 0.3 is 6.18 Å². The van der Waals surface area contributed by atoms with Crippen LogP contribution < -0.4 is 10.0 Å². The van der Waals surface area contributed by atoms with E-state index in [1.807, 2.05) is 0 Å². The number of rotatable bonds is 5. The Bertz CT molecular complexity index is 828. The molecule has 0 aliphatic heterocycles. The van der Waals surface area contributed by atoms with Crippen molar-refractivity contribution in [3.8, 4) is 0 Å². The van der Waals surface area contributed by atoms with Crippen molar-refractivity contribution in [3.63, 3.8) is 0 Å². The molecule has 12 heteroatoms. The monoisotopic (exact) mass is 430 g/mol. The molecule has 0 saturated heterocycles. The number of aromatic nitrogens is 2. The molecular weight excluding hydrogens is 419 g/mol. The largest absolute Gasteiger partial charge is 0.404 e. The van der Waals surface area contributed by atoms with Crippen LogP contribution in [0.5, 0.6) is 0 Å². The number of pyridine rings is 1. The number of carbonyl (C=O) groups excluding carboxylic acids is 1. The minimum atomic E-state index is -4.42. The van der Waals surface area contributed by atoms with Crippen molar-refractivity contribution in [2.75, 3.05) is 5.32 Å². The zero-order valence-electron chi connectivity index (χ0n) is 13.3. The third-order valence-corrected chi connectivity index (χ3v) is 4.99. The van der Waals surface area contributed by atoms with Gasteiger partial charge in [-0.2, -0.15) is 13.2 Å². The second kappa shape index (κ2) is 8.03. The second-order valence-electron chi connectivity index (χ2n) is 5.17. The molecule has 142 valence electrons. The highest BCUT2D eigenvalue weighted by atomic mass is 35.5. The van der Waals surface area contributed by atoms with Gasteiger partial charge in [-0.15, -0.1) is 0 Å². The molecule has 0 aromatic carbocycles. The summed E-state index contributed by atoms with van der Waals surface area (Å²) in [6.45, 7) is 0.952. The molecule has 0 spiro atoms. The maximum Gasteiger partial charge on any atom is 0.404 e. The Labute approximate surface area is 160 Å². The van der Waals surface area contributed by atoms with Gasteiger partial charge in [0.15, 0.2) is 11.0 Å². The molecule has 0 radical (unpaired) electrons. The predicted molar refractivity (Wildman–Crippen MR) is 92.1 cm³/mol. The van der Waals surface area contributed by atoms with Gasteiger partial charge in [0.2, 0.25) is 0 Å². The van der Waals surface area contributed by atoms with Crippen molar-refractivity contribution in [2.45, 2.75) is 24.0 Å². The van der Waals surface area contributed by atoms with E-state index in [0.29, 0.717) is 11.9 Å². The highest BCUT2D eigenvalue weighted by Crippen LogP contribution is 2.32. The fourth-order valence-corrected chi connectivity index (χ4v) is 3.19. The summed E-state index contributed by atoms with van der Waals surface area (Å²) < 4.78 is 55.0. The van der Waals surface area contributed by atoms with Crippen molar-refractivity contribution >= 4 is 46.7 Å². The summed E-state index contributed by atoms with van der Waals surface area (Å²) in [4.78, 5) is 16.1. The van der Waals surface area contributed by atoms with Gasteiger partial charge in [-0.3, -0.25) is 4.79 Å². The van der Waals surface area contributed by atoms with Crippen molar-refractivity contribution in [1.82, 2.24) is 14.3 Å². The van der Waals surface area contributed by atoms with Crippen LogP contribution in [0.2, 0.25) is 10.2 Å². The van der Waals surface area contributed by atoms with Crippen LogP contribution in [-0.2, 0) is 7.05 Å². The first kappa shape index (κ1) is 20.8. The van der Waals surface area contributed by atoms with E-state index >= 15 is 0 Å². The zero-order valence-corrected chi connectivity index (χ0v) is 15.6. The molecule has 26 heavy (non-hydrogen) atoms. The number of hydrogen-bond acceptors (Lipinski definition) is 4. The lowest BCUT2D eigenvalue weighted by Crippen LogP contribution is -2.35. The van der Waals surface area contributed by atoms with Gasteiger partial charge in [0.25, 0.3) is 5.91 Å². The average molecular weight is 431 g/mol. The molecular formula is C14H12Cl2F4N4OS. The molecule has 2 aromatic rings. The van der Waals surface area contributed by atoms with E-state index in [-0.39, 0.29) is 21.3 Å². The molecule has 0 fully saturated rings. The summed E-state index contributed by atoms with van der Waals surface area (Å²) >= 11 is 12.3. The number of nitrogens with zero attached hydrogens (tertiary/aromatic N) is 2. The number of alkyl halides is 3. The average Bonchev–Trinajstić information content (AvgIpc) is 2.82. The predicted octanol–water partition coefficient (Wildman–Crippen LogP) is 4.67. The first-order valence-electron chi connectivity index (χ1n) is 6.97. The molecule has 0 aliphatic carbocycles. The first-order chi connectivity index (χ1) is 12.0. The molecule has 0 unspecified atom stereocenters. The lowest BCUT2D eigenvalue weighted by Gasteiger charge is -2.15. The number of nitrogens with one attached hydrogen (secondary N) is 2. The summed E-state index contributed by atoms with van der Waals surface area (Å²) in [6.07, 6.45) is -1.84. The van der Waals surface area contributed by atoms with Crippen molar-refractivity contribution in [1.29, 1.82) is 0 Å². The van der Waals surface area contributed by atoms with E-state index in [9.17, 15) is 22.4 Å². The fourth-order valence-electron chi connectivity index (χ4n) is 1.81. The Balaban J connectivity index is 2.19. The molecule has 0 bridgehead atoms. The Hall–Kier alpha value is -1.49. The summed E-state index contributed by atoms with van der Waals surface area (Å²) in [6, 6.07) is -0.577. The van der Waals surface area contributed by atoms with E-state index in [0.717, 1.165) is 6.92 Å². The Kier molecular flexibility index (Phi) is 6.43. The second-order valence-corrected chi connectivity index (χ2v) is 6.78. The van der Waals surface area contributed by atoms with Gasteiger partial charge in [-0.25, -0.2) is 14.1 Å². The van der Waals surface area contributed by atoms with Gasteiger partial charge in [0.05, 0.1) is 15.6 Å². The molecule has 2 heterocycles. The molecule has 2 aromatic heterocycles. The van der Waals surface area contributed by atoms with E-state index in [2.05, 4.69) is 15.0 Å². The van der Waals surface area contributed by atoms with Gasteiger partial charge in [0.1, 0.15) is 11.7 Å². The SMILES string of the molecule is C[C@@H](NSc1cn(C)c(C(=O)Nc2ccnc(Cl)c2F)c1Cl)C(F)(F)F. The number of anilines is 1. The van der Waals surface area contributed by atoms with Crippen LogP contribution >= 0.6 is 35.1 Å². The highest BCUT2D eigenvalue weighted by Gasteiger charge is 2.36. The standard InChI is InChI=1S/C14H12Cl2F4N4OS/c1-6(14(18,19)20)23-26-8-5-24(2)11(9(8)15)13(25)22-7-3-4-21-12(16)10(7)17/h3-6,23H,1-2H3,(H,21,22,25)/t6-/m1/s1. The zero-order chi connectivity index (χ0) is 19.6. The summed E-state index contributed by atoms with van der Waals surface area (Å²) in [5, 5.41) is 1.81. The molecule has 2 rings (SSSR count). The van der Waals surface area contributed by atoms with Crippen molar-refractivity contribution in [3.05, 3.63) is 40.1 Å². The highest BCUT2D eigenvalue weighted by molar-refractivity contribution is 7.97. The topological polar surface area (TPSA) is 59.0 Å². The van der Waals surface area contributed by atoms with E-state index < -0.39 is 29.1 Å². The van der Waals surface area contributed by atoms with Crippen LogP contribution in [0.4, 0.5) is 23.2 Å². The molecule has 5 nitrogen and oxygen atoms in total. The van der Waals surface area contributed by atoms with Crippen LogP contribution in [0.15, 0.2) is 23.4 Å². The molecule has 1 atom stereocenters. The number of hydrogen-bond donors (Lipinski definition) is 2. The molecule has 2 N–H and O–H groups in total. The van der Waals surface area contributed by atoms with Gasteiger partial charge < -0.3 is 9.88 Å². The lowest BCUT2D eigenvalue weighted by atomic mass is 10.3.